The zero-order chi connectivity index (χ0) is 15.4. The first-order valence-electron chi connectivity index (χ1n) is 8.19. The molecule has 0 aliphatic heterocycles. The van der Waals surface area contributed by atoms with Crippen molar-refractivity contribution in [1.29, 1.82) is 0 Å². The molecule has 0 aliphatic rings. The maximum Gasteiger partial charge on any atom is 0.191 e. The first kappa shape index (κ1) is 23.2. The highest BCUT2D eigenvalue weighted by molar-refractivity contribution is 14.0. The Balaban J connectivity index is 0. The normalized spacial score (nSPS) is 13.5. The Bertz CT molecular complexity index is 261. The third-order valence-electron chi connectivity index (χ3n) is 3.01. The van der Waals surface area contributed by atoms with Gasteiger partial charge in [0.05, 0.1) is 6.54 Å². The number of guanidine groups is 1. The van der Waals surface area contributed by atoms with Crippen LogP contribution in [0.1, 0.15) is 67.2 Å². The van der Waals surface area contributed by atoms with Gasteiger partial charge < -0.3 is 16.0 Å². The van der Waals surface area contributed by atoms with E-state index >= 15 is 0 Å². The zero-order valence-electron chi connectivity index (χ0n) is 14.9. The molecule has 0 heterocycles. The van der Waals surface area contributed by atoms with Gasteiger partial charge in [0.1, 0.15) is 0 Å². The lowest BCUT2D eigenvalue weighted by molar-refractivity contribution is 0.432. The second kappa shape index (κ2) is 13.6. The van der Waals surface area contributed by atoms with E-state index in [1.165, 1.54) is 25.7 Å². The Hall–Kier alpha value is -0.0400. The average Bonchev–Trinajstić information content (AvgIpc) is 2.34. The van der Waals surface area contributed by atoms with Gasteiger partial charge in [-0.1, -0.05) is 26.2 Å². The molecule has 1 unspecified atom stereocenters. The van der Waals surface area contributed by atoms with Crippen molar-refractivity contribution in [3.63, 3.8) is 0 Å². The van der Waals surface area contributed by atoms with Crippen LogP contribution in [0.25, 0.3) is 0 Å². The minimum atomic E-state index is 0. The van der Waals surface area contributed by atoms with Crippen LogP contribution in [0.3, 0.4) is 0 Å². The molecule has 0 saturated carbocycles. The van der Waals surface area contributed by atoms with E-state index in [1.54, 1.807) is 0 Å². The smallest absolute Gasteiger partial charge is 0.191 e. The molecule has 0 aromatic carbocycles. The van der Waals surface area contributed by atoms with E-state index in [-0.39, 0.29) is 29.5 Å². The van der Waals surface area contributed by atoms with Gasteiger partial charge in [-0.15, -0.1) is 24.0 Å². The molecule has 0 saturated heterocycles. The van der Waals surface area contributed by atoms with Crippen molar-refractivity contribution in [1.82, 2.24) is 16.0 Å². The fourth-order valence-corrected chi connectivity index (χ4v) is 1.92. The van der Waals surface area contributed by atoms with Crippen molar-refractivity contribution in [2.75, 3.05) is 19.6 Å². The van der Waals surface area contributed by atoms with Crippen LogP contribution in [-0.2, 0) is 0 Å². The van der Waals surface area contributed by atoms with Gasteiger partial charge in [-0.05, 0) is 41.0 Å². The van der Waals surface area contributed by atoms with Crippen molar-refractivity contribution < 1.29 is 0 Å². The molecule has 0 amide bonds. The summed E-state index contributed by atoms with van der Waals surface area (Å²) in [6.45, 7) is 15.7. The van der Waals surface area contributed by atoms with E-state index in [2.05, 4.69) is 62.5 Å². The summed E-state index contributed by atoms with van der Waals surface area (Å²) in [6, 6.07) is 0.481. The van der Waals surface area contributed by atoms with Crippen LogP contribution >= 0.6 is 24.0 Å². The third kappa shape index (κ3) is 16.2. The van der Waals surface area contributed by atoms with E-state index in [0.29, 0.717) is 6.04 Å². The molecule has 0 aromatic heterocycles. The fraction of sp³-hybridized carbons (Fsp3) is 0.938. The highest BCUT2D eigenvalue weighted by Crippen LogP contribution is 2.02. The molecule has 21 heavy (non-hydrogen) atoms. The topological polar surface area (TPSA) is 48.5 Å². The minimum Gasteiger partial charge on any atom is -0.357 e. The number of nitrogens with one attached hydrogen (secondary N) is 3. The maximum atomic E-state index is 4.62. The van der Waals surface area contributed by atoms with Crippen LogP contribution in [0.4, 0.5) is 0 Å². The summed E-state index contributed by atoms with van der Waals surface area (Å²) in [6.07, 6.45) is 5.09. The summed E-state index contributed by atoms with van der Waals surface area (Å²) >= 11 is 0. The van der Waals surface area contributed by atoms with Crippen molar-refractivity contribution >= 4 is 29.9 Å². The van der Waals surface area contributed by atoms with Crippen molar-refractivity contribution in [2.24, 2.45) is 4.99 Å². The summed E-state index contributed by atoms with van der Waals surface area (Å²) in [5.74, 6) is 0.937. The lowest BCUT2D eigenvalue weighted by Gasteiger charge is -2.20. The number of aliphatic imine (C=N–C) groups is 1. The highest BCUT2D eigenvalue weighted by atomic mass is 127. The molecular formula is C16H37IN4. The van der Waals surface area contributed by atoms with E-state index in [1.807, 2.05) is 0 Å². The van der Waals surface area contributed by atoms with Crippen molar-refractivity contribution in [3.05, 3.63) is 0 Å². The molecule has 0 aromatic rings. The summed E-state index contributed by atoms with van der Waals surface area (Å²) in [4.78, 5) is 4.62. The Morgan fingerprint density at radius 3 is 2.33 bits per heavy atom. The molecule has 128 valence electrons. The van der Waals surface area contributed by atoms with Crippen molar-refractivity contribution in [2.45, 2.75) is 78.8 Å². The molecule has 4 nitrogen and oxygen atoms in total. The van der Waals surface area contributed by atoms with Crippen LogP contribution in [0.5, 0.6) is 0 Å². The quantitative estimate of drug-likeness (QED) is 0.235. The van der Waals surface area contributed by atoms with Gasteiger partial charge in [-0.3, -0.25) is 4.99 Å². The van der Waals surface area contributed by atoms with Crippen LogP contribution < -0.4 is 16.0 Å². The number of hydrogen-bond donors (Lipinski definition) is 3. The van der Waals surface area contributed by atoms with E-state index in [0.717, 1.165) is 25.6 Å². The third-order valence-corrected chi connectivity index (χ3v) is 3.01. The molecule has 0 radical (unpaired) electrons. The lowest BCUT2D eigenvalue weighted by atomic mass is 10.1. The number of rotatable bonds is 9. The van der Waals surface area contributed by atoms with Gasteiger partial charge >= 0.3 is 0 Å². The van der Waals surface area contributed by atoms with Gasteiger partial charge in [0.2, 0.25) is 0 Å². The molecular weight excluding hydrogens is 375 g/mol. The summed E-state index contributed by atoms with van der Waals surface area (Å²) in [5.41, 5.74) is 0.161. The Labute approximate surface area is 149 Å². The molecule has 0 rings (SSSR count). The van der Waals surface area contributed by atoms with Crippen LogP contribution in [0.2, 0.25) is 0 Å². The monoisotopic (exact) mass is 412 g/mol. The molecule has 5 heteroatoms. The van der Waals surface area contributed by atoms with E-state index < -0.39 is 0 Å². The number of halogens is 1. The molecule has 0 aliphatic carbocycles. The van der Waals surface area contributed by atoms with Gasteiger partial charge in [0.15, 0.2) is 5.96 Å². The first-order chi connectivity index (χ1) is 9.39. The standard InChI is InChI=1S/C16H36N4.HI/c1-7-9-10-11-14(3)20-15(17-8-2)18-12-13-19-16(4,5)6;/h14,19H,7-13H2,1-6H3,(H2,17,18,20);1H. The molecule has 0 bridgehead atoms. The average molecular weight is 412 g/mol. The first-order valence-corrected chi connectivity index (χ1v) is 8.19. The van der Waals surface area contributed by atoms with Crippen molar-refractivity contribution in [3.8, 4) is 0 Å². The minimum absolute atomic E-state index is 0. The maximum absolute atomic E-state index is 4.62. The largest absolute Gasteiger partial charge is 0.357 e. The van der Waals surface area contributed by atoms with Gasteiger partial charge in [-0.25, -0.2) is 0 Å². The lowest BCUT2D eigenvalue weighted by Crippen LogP contribution is -2.43. The predicted molar refractivity (Wildman–Crippen MR) is 106 cm³/mol. The summed E-state index contributed by atoms with van der Waals surface area (Å²) in [7, 11) is 0. The Morgan fingerprint density at radius 2 is 1.81 bits per heavy atom. The molecule has 0 spiro atoms. The SMILES string of the molecule is CCCCCC(C)NC(=NCCNC(C)(C)C)NCC.I. The Kier molecular flexibility index (Phi) is 15.1. The fourth-order valence-electron chi connectivity index (χ4n) is 1.92. The summed E-state index contributed by atoms with van der Waals surface area (Å²) < 4.78 is 0. The van der Waals surface area contributed by atoms with E-state index in [4.69, 9.17) is 0 Å². The number of nitrogens with zero attached hydrogens (tertiary/aromatic N) is 1. The Morgan fingerprint density at radius 1 is 1.14 bits per heavy atom. The zero-order valence-corrected chi connectivity index (χ0v) is 17.2. The number of hydrogen-bond acceptors (Lipinski definition) is 2. The van der Waals surface area contributed by atoms with E-state index in [9.17, 15) is 0 Å². The van der Waals surface area contributed by atoms with Gasteiger partial charge in [-0.2, -0.15) is 0 Å². The molecule has 3 N–H and O–H groups in total. The molecule has 1 atom stereocenters. The van der Waals surface area contributed by atoms with Gasteiger partial charge in [0, 0.05) is 24.7 Å². The van der Waals surface area contributed by atoms with Crippen LogP contribution in [0.15, 0.2) is 4.99 Å². The van der Waals surface area contributed by atoms with Crippen LogP contribution in [0, 0.1) is 0 Å². The second-order valence-electron chi connectivity index (χ2n) is 6.48. The predicted octanol–water partition coefficient (Wildman–Crippen LogP) is 3.52. The summed E-state index contributed by atoms with van der Waals surface area (Å²) in [5, 5.41) is 10.3. The highest BCUT2D eigenvalue weighted by Gasteiger charge is 2.08. The second-order valence-corrected chi connectivity index (χ2v) is 6.48. The van der Waals surface area contributed by atoms with Gasteiger partial charge in [0.25, 0.3) is 0 Å². The number of unbranched alkanes of at least 4 members (excludes halogenated alkanes) is 2. The molecule has 0 fully saturated rings. The van der Waals surface area contributed by atoms with Crippen LogP contribution in [-0.4, -0.2) is 37.2 Å².